The predicted octanol–water partition coefficient (Wildman–Crippen LogP) is -0.663. The molecule has 0 aliphatic carbocycles. The van der Waals surface area contributed by atoms with Crippen LogP contribution in [0.1, 0.15) is 44.5 Å². The molecule has 2 aromatic heterocycles. The van der Waals surface area contributed by atoms with Gasteiger partial charge < -0.3 is 36.3 Å². The molecule has 1 saturated heterocycles. The summed E-state index contributed by atoms with van der Waals surface area (Å²) >= 11 is 0. The highest BCUT2D eigenvalue weighted by Crippen LogP contribution is 2.19. The van der Waals surface area contributed by atoms with E-state index >= 15 is 0 Å². The second kappa shape index (κ2) is 12.3. The monoisotopic (exact) mass is 502 g/mol. The van der Waals surface area contributed by atoms with E-state index in [0.717, 1.165) is 0 Å². The van der Waals surface area contributed by atoms with E-state index in [1.54, 1.807) is 0 Å². The van der Waals surface area contributed by atoms with E-state index in [2.05, 4.69) is 30.6 Å². The Labute approximate surface area is 208 Å². The highest BCUT2D eigenvalue weighted by atomic mass is 16.4. The molecule has 3 rings (SSSR count). The standard InChI is InChI=1S/C23H34N8O5/c1-3-13(2)19(24)21(33)29-16(7-14-9-25-11-27-14)20(32)30-17(8-15-10-26-12-28-15)22(34)31-6-4-5-18(31)23(35)36/h9-13,16-19H,3-8,24H2,1-2H3,(H,25,27)(H,26,28)(H,29,33)(H,30,32)(H,35,36). The lowest BCUT2D eigenvalue weighted by Gasteiger charge is -2.29. The van der Waals surface area contributed by atoms with Gasteiger partial charge in [-0.1, -0.05) is 20.3 Å². The van der Waals surface area contributed by atoms with Crippen LogP contribution >= 0.6 is 0 Å². The third-order valence-electron chi connectivity index (χ3n) is 6.59. The van der Waals surface area contributed by atoms with Gasteiger partial charge in [-0.25, -0.2) is 14.8 Å². The van der Waals surface area contributed by atoms with Crippen LogP contribution in [0.2, 0.25) is 0 Å². The third-order valence-corrected chi connectivity index (χ3v) is 6.59. The molecule has 0 saturated carbocycles. The molecule has 1 aliphatic heterocycles. The average Bonchev–Trinajstić information content (AvgIpc) is 3.64. The number of carboxylic acids is 1. The number of carboxylic acid groups (broad SMARTS) is 1. The third kappa shape index (κ3) is 6.68. The first kappa shape index (κ1) is 26.9. The molecule has 7 N–H and O–H groups in total. The van der Waals surface area contributed by atoms with Crippen LogP contribution in [0.3, 0.4) is 0 Å². The number of aromatic amines is 2. The fraction of sp³-hybridized carbons (Fsp3) is 0.565. The van der Waals surface area contributed by atoms with Gasteiger partial charge in [0.15, 0.2) is 0 Å². The molecule has 3 heterocycles. The van der Waals surface area contributed by atoms with Crippen molar-refractivity contribution in [3.63, 3.8) is 0 Å². The maximum absolute atomic E-state index is 13.4. The van der Waals surface area contributed by atoms with Crippen LogP contribution in [-0.2, 0) is 32.0 Å². The fourth-order valence-corrected chi connectivity index (χ4v) is 4.18. The Morgan fingerprint density at radius 2 is 1.67 bits per heavy atom. The smallest absolute Gasteiger partial charge is 0.326 e. The highest BCUT2D eigenvalue weighted by molar-refractivity contribution is 5.94. The Hall–Kier alpha value is -3.74. The topological polar surface area (TPSA) is 199 Å². The summed E-state index contributed by atoms with van der Waals surface area (Å²) in [6.07, 6.45) is 7.73. The second-order valence-electron chi connectivity index (χ2n) is 9.12. The van der Waals surface area contributed by atoms with Gasteiger partial charge in [0.05, 0.1) is 18.7 Å². The number of carbonyl (C=O) groups excluding carboxylic acids is 3. The first-order valence-electron chi connectivity index (χ1n) is 12.0. The van der Waals surface area contributed by atoms with E-state index in [-0.39, 0.29) is 25.3 Å². The number of likely N-dealkylation sites (tertiary alicyclic amines) is 1. The van der Waals surface area contributed by atoms with Crippen molar-refractivity contribution in [2.75, 3.05) is 6.54 Å². The molecule has 1 aliphatic rings. The van der Waals surface area contributed by atoms with Crippen LogP contribution in [0.25, 0.3) is 0 Å². The van der Waals surface area contributed by atoms with Crippen molar-refractivity contribution >= 4 is 23.7 Å². The maximum Gasteiger partial charge on any atom is 0.326 e. The minimum Gasteiger partial charge on any atom is -0.480 e. The number of hydrogen-bond acceptors (Lipinski definition) is 7. The molecule has 0 bridgehead atoms. The van der Waals surface area contributed by atoms with Gasteiger partial charge in [-0.3, -0.25) is 14.4 Å². The van der Waals surface area contributed by atoms with Gasteiger partial charge >= 0.3 is 5.97 Å². The number of imidazole rings is 2. The Morgan fingerprint density at radius 1 is 1.08 bits per heavy atom. The van der Waals surface area contributed by atoms with Gasteiger partial charge in [-0.15, -0.1) is 0 Å². The molecule has 2 aromatic rings. The summed E-state index contributed by atoms with van der Waals surface area (Å²) in [6, 6.07) is -3.87. The van der Waals surface area contributed by atoms with Crippen molar-refractivity contribution in [3.8, 4) is 0 Å². The Balaban J connectivity index is 1.81. The van der Waals surface area contributed by atoms with Crippen LogP contribution < -0.4 is 16.4 Å². The lowest BCUT2D eigenvalue weighted by atomic mass is 9.98. The summed E-state index contributed by atoms with van der Waals surface area (Å²) in [5.41, 5.74) is 7.26. The number of amides is 3. The van der Waals surface area contributed by atoms with E-state index in [0.29, 0.717) is 30.7 Å². The number of H-pyrrole nitrogens is 2. The zero-order valence-electron chi connectivity index (χ0n) is 20.4. The largest absolute Gasteiger partial charge is 0.480 e. The molecule has 13 nitrogen and oxygen atoms in total. The number of carbonyl (C=O) groups is 4. The van der Waals surface area contributed by atoms with Gasteiger partial charge in [-0.05, 0) is 18.8 Å². The van der Waals surface area contributed by atoms with Gasteiger partial charge in [0.1, 0.15) is 18.1 Å². The molecule has 0 radical (unpaired) electrons. The molecule has 1 fully saturated rings. The van der Waals surface area contributed by atoms with Gasteiger partial charge in [0.25, 0.3) is 0 Å². The van der Waals surface area contributed by atoms with E-state index in [9.17, 15) is 24.3 Å². The molecular formula is C23H34N8O5. The molecule has 3 amide bonds. The number of hydrogen-bond donors (Lipinski definition) is 6. The summed E-state index contributed by atoms with van der Waals surface area (Å²) in [7, 11) is 0. The summed E-state index contributed by atoms with van der Waals surface area (Å²) < 4.78 is 0. The lowest BCUT2D eigenvalue weighted by Crippen LogP contribution is -2.58. The highest BCUT2D eigenvalue weighted by Gasteiger charge is 2.38. The van der Waals surface area contributed by atoms with Crippen molar-refractivity contribution in [1.29, 1.82) is 0 Å². The molecule has 36 heavy (non-hydrogen) atoms. The number of aromatic nitrogens is 4. The predicted molar refractivity (Wildman–Crippen MR) is 128 cm³/mol. The van der Waals surface area contributed by atoms with E-state index < -0.39 is 47.9 Å². The number of nitrogens with zero attached hydrogens (tertiary/aromatic N) is 3. The maximum atomic E-state index is 13.4. The summed E-state index contributed by atoms with van der Waals surface area (Å²) in [5, 5.41) is 15.0. The molecule has 5 unspecified atom stereocenters. The van der Waals surface area contributed by atoms with Crippen molar-refractivity contribution in [3.05, 3.63) is 36.4 Å². The molecular weight excluding hydrogens is 468 g/mol. The van der Waals surface area contributed by atoms with Crippen molar-refractivity contribution in [2.45, 2.75) is 70.1 Å². The SMILES string of the molecule is CCC(C)C(N)C(=O)NC(Cc1cnc[nH]1)C(=O)NC(Cc1cnc[nH]1)C(=O)N1CCCC1C(=O)O. The van der Waals surface area contributed by atoms with Gasteiger partial charge in [0.2, 0.25) is 17.7 Å². The van der Waals surface area contributed by atoms with E-state index in [1.807, 2.05) is 13.8 Å². The Bertz CT molecular complexity index is 1030. The number of nitrogens with two attached hydrogens (primary N) is 1. The van der Waals surface area contributed by atoms with E-state index in [4.69, 9.17) is 5.73 Å². The van der Waals surface area contributed by atoms with Crippen molar-refractivity contribution < 1.29 is 24.3 Å². The fourth-order valence-electron chi connectivity index (χ4n) is 4.18. The molecule has 0 aromatic carbocycles. The van der Waals surface area contributed by atoms with Gasteiger partial charge in [-0.2, -0.15) is 0 Å². The summed E-state index contributed by atoms with van der Waals surface area (Å²) in [5.74, 6) is -2.77. The number of nitrogens with one attached hydrogen (secondary N) is 4. The normalized spacial score (nSPS) is 18.8. The van der Waals surface area contributed by atoms with Crippen LogP contribution in [0.5, 0.6) is 0 Å². The van der Waals surface area contributed by atoms with Gasteiger partial charge in [0, 0.05) is 43.2 Å². The average molecular weight is 503 g/mol. The van der Waals surface area contributed by atoms with Crippen LogP contribution in [0, 0.1) is 5.92 Å². The summed E-state index contributed by atoms with van der Waals surface area (Å²) in [6.45, 7) is 4.05. The van der Waals surface area contributed by atoms with Crippen LogP contribution in [0.15, 0.2) is 25.0 Å². The lowest BCUT2D eigenvalue weighted by molar-refractivity contribution is -0.149. The Morgan fingerprint density at radius 3 is 2.19 bits per heavy atom. The Kier molecular flexibility index (Phi) is 9.17. The first-order valence-corrected chi connectivity index (χ1v) is 12.0. The number of aliphatic carboxylic acids is 1. The zero-order chi connectivity index (χ0) is 26.2. The summed E-state index contributed by atoms with van der Waals surface area (Å²) in [4.78, 5) is 66.3. The first-order chi connectivity index (χ1) is 17.2. The molecule has 13 heteroatoms. The van der Waals surface area contributed by atoms with Crippen molar-refractivity contribution in [1.82, 2.24) is 35.5 Å². The minimum absolute atomic E-state index is 0.0739. The molecule has 0 spiro atoms. The quantitative estimate of drug-likeness (QED) is 0.219. The minimum atomic E-state index is -1.09. The zero-order valence-corrected chi connectivity index (χ0v) is 20.4. The van der Waals surface area contributed by atoms with Crippen LogP contribution in [-0.4, -0.2) is 84.3 Å². The van der Waals surface area contributed by atoms with E-state index in [1.165, 1.54) is 29.9 Å². The van der Waals surface area contributed by atoms with Crippen molar-refractivity contribution in [2.24, 2.45) is 11.7 Å². The van der Waals surface area contributed by atoms with Crippen LogP contribution in [0.4, 0.5) is 0 Å². The second-order valence-corrected chi connectivity index (χ2v) is 9.12. The number of rotatable bonds is 12. The molecule has 5 atom stereocenters. The molecule has 196 valence electrons.